The number of ether oxygens (including phenoxy) is 3. The smallest absolute Gasteiger partial charge is 0.308 e. The predicted octanol–water partition coefficient (Wildman–Crippen LogP) is 17.4. The molecule has 0 amide bonds. The van der Waals surface area contributed by atoms with E-state index in [0.717, 1.165) is 109 Å². The van der Waals surface area contributed by atoms with E-state index in [4.69, 9.17) is 14.2 Å². The fourth-order valence-electron chi connectivity index (χ4n) is 9.37. The third-order valence-electron chi connectivity index (χ3n) is 13.8. The molecule has 4 atom stereocenters. The van der Waals surface area contributed by atoms with Gasteiger partial charge in [-0.3, -0.25) is 9.59 Å². The molecule has 7 heteroatoms. The van der Waals surface area contributed by atoms with Crippen LogP contribution in [0.5, 0.6) is 0 Å². The molecule has 0 aromatic heterocycles. The van der Waals surface area contributed by atoms with Crippen LogP contribution in [0, 0.1) is 11.8 Å². The summed E-state index contributed by atoms with van der Waals surface area (Å²) in [5, 5.41) is 10.9. The molecule has 388 valence electrons. The van der Waals surface area contributed by atoms with Crippen molar-refractivity contribution in [2.45, 2.75) is 316 Å². The van der Waals surface area contributed by atoms with Crippen molar-refractivity contribution in [1.29, 1.82) is 0 Å². The molecule has 0 heterocycles. The van der Waals surface area contributed by atoms with Crippen molar-refractivity contribution in [3.8, 4) is 0 Å². The van der Waals surface area contributed by atoms with E-state index in [2.05, 4.69) is 46.7 Å². The Hall–Kier alpha value is -1.18. The number of rotatable bonds is 53. The molecule has 0 bridgehead atoms. The zero-order valence-corrected chi connectivity index (χ0v) is 44.8. The van der Waals surface area contributed by atoms with E-state index < -0.39 is 6.29 Å². The molecule has 0 saturated heterocycles. The molecule has 0 aliphatic carbocycles. The lowest BCUT2D eigenvalue weighted by atomic mass is 9.93. The minimum absolute atomic E-state index is 0.0164. The first-order valence-corrected chi connectivity index (χ1v) is 29.1. The molecule has 0 aliphatic rings. The van der Waals surface area contributed by atoms with Crippen molar-refractivity contribution in [3.05, 3.63) is 0 Å². The molecule has 0 aliphatic heterocycles. The summed E-state index contributed by atoms with van der Waals surface area (Å²) in [6, 6.07) is 0. The Bertz CT molecular complexity index is 976. The van der Waals surface area contributed by atoms with E-state index in [0.29, 0.717) is 19.6 Å². The molecule has 7 nitrogen and oxygen atoms in total. The van der Waals surface area contributed by atoms with Crippen molar-refractivity contribution in [2.75, 3.05) is 33.9 Å². The molecule has 65 heavy (non-hydrogen) atoms. The highest BCUT2D eigenvalue weighted by Crippen LogP contribution is 2.25. The van der Waals surface area contributed by atoms with Gasteiger partial charge in [-0.15, -0.1) is 0 Å². The first-order chi connectivity index (χ1) is 31.8. The highest BCUT2D eigenvalue weighted by Gasteiger charge is 2.21. The number of hydrogen-bond acceptors (Lipinski definition) is 7. The maximum absolute atomic E-state index is 13.0. The monoisotopic (exact) mass is 922 g/mol. The van der Waals surface area contributed by atoms with Gasteiger partial charge in [-0.1, -0.05) is 220 Å². The SMILES string of the molecule is CCCCCCCCC(CCCCCC)C(=O)OCCCCCCCCCC(CCCCCCCCCOC(O)C(CCCCCC)CCCCCCCC)OC(=O)CCCCN(C)C. The van der Waals surface area contributed by atoms with E-state index >= 15 is 0 Å². The van der Waals surface area contributed by atoms with Crippen molar-refractivity contribution in [2.24, 2.45) is 11.8 Å². The molecule has 0 spiro atoms. The standard InChI is InChI=1S/C58H115NO6/c1-7-11-15-19-27-35-45-53(43-33-17-13-9-3)57(61)63-51-41-31-25-21-23-29-37-47-55(65-56(60)49-39-40-50-59(5)6)48-38-30-24-22-26-32-42-52-64-58(62)54(44-34-18-14-10-4)46-36-28-20-16-12-8-2/h53-55,57,61H,7-52H2,1-6H3. The van der Waals surface area contributed by atoms with Crippen LogP contribution in [-0.4, -0.2) is 68.2 Å². The highest BCUT2D eigenvalue weighted by molar-refractivity contribution is 5.72. The predicted molar refractivity (Wildman–Crippen MR) is 280 cm³/mol. The normalized spacial score (nSPS) is 13.6. The van der Waals surface area contributed by atoms with Crippen LogP contribution in [0.4, 0.5) is 0 Å². The van der Waals surface area contributed by atoms with Crippen LogP contribution < -0.4 is 0 Å². The minimum Gasteiger partial charge on any atom is -0.465 e. The van der Waals surface area contributed by atoms with Gasteiger partial charge in [0.05, 0.1) is 12.5 Å². The van der Waals surface area contributed by atoms with Gasteiger partial charge in [0, 0.05) is 18.9 Å². The second-order valence-electron chi connectivity index (χ2n) is 20.6. The molecule has 0 aromatic carbocycles. The average molecular weight is 923 g/mol. The molecule has 0 aromatic rings. The molecule has 0 saturated carbocycles. The van der Waals surface area contributed by atoms with E-state index in [1.165, 1.54) is 167 Å². The van der Waals surface area contributed by atoms with Crippen LogP contribution in [0.15, 0.2) is 0 Å². The largest absolute Gasteiger partial charge is 0.465 e. The number of carbonyl (C=O) groups excluding carboxylic acids is 2. The molecule has 4 unspecified atom stereocenters. The van der Waals surface area contributed by atoms with Gasteiger partial charge >= 0.3 is 11.9 Å². The van der Waals surface area contributed by atoms with Gasteiger partial charge < -0.3 is 24.2 Å². The summed E-state index contributed by atoms with van der Waals surface area (Å²) in [6.45, 7) is 11.3. The molecule has 1 N–H and O–H groups in total. The van der Waals surface area contributed by atoms with Gasteiger partial charge in [-0.05, 0) is 97.7 Å². The number of aliphatic hydroxyl groups excluding tert-OH is 1. The Balaban J connectivity index is 4.45. The van der Waals surface area contributed by atoms with Crippen LogP contribution in [0.25, 0.3) is 0 Å². The fraction of sp³-hybridized carbons (Fsp3) is 0.966. The Labute approximate surface area is 406 Å². The number of unbranched alkanes of at least 4 members (excludes halogenated alkanes) is 29. The average Bonchev–Trinajstić information content (AvgIpc) is 3.29. The number of hydrogen-bond donors (Lipinski definition) is 1. The van der Waals surface area contributed by atoms with Crippen LogP contribution in [0.3, 0.4) is 0 Å². The fourth-order valence-corrected chi connectivity index (χ4v) is 9.37. The maximum Gasteiger partial charge on any atom is 0.308 e. The van der Waals surface area contributed by atoms with Crippen molar-refractivity contribution in [1.82, 2.24) is 4.90 Å². The molecule has 0 radical (unpaired) electrons. The molecular weight excluding hydrogens is 807 g/mol. The van der Waals surface area contributed by atoms with Gasteiger partial charge in [0.15, 0.2) is 6.29 Å². The van der Waals surface area contributed by atoms with Crippen molar-refractivity contribution >= 4 is 11.9 Å². The lowest BCUT2D eigenvalue weighted by molar-refractivity contribution is -0.150. The first kappa shape index (κ1) is 63.8. The van der Waals surface area contributed by atoms with Crippen LogP contribution in [0.1, 0.15) is 304 Å². The third kappa shape index (κ3) is 45.1. The Morgan fingerprint density at radius 3 is 1.25 bits per heavy atom. The van der Waals surface area contributed by atoms with E-state index in [1.807, 2.05) is 0 Å². The second-order valence-corrected chi connectivity index (χ2v) is 20.6. The van der Waals surface area contributed by atoms with Gasteiger partial charge in [0.2, 0.25) is 0 Å². The summed E-state index contributed by atoms with van der Waals surface area (Å²) in [6.07, 6.45) is 49.5. The lowest BCUT2D eigenvalue weighted by Gasteiger charge is -2.23. The topological polar surface area (TPSA) is 85.3 Å². The summed E-state index contributed by atoms with van der Waals surface area (Å²) < 4.78 is 17.9. The van der Waals surface area contributed by atoms with E-state index in [1.54, 1.807) is 0 Å². The lowest BCUT2D eigenvalue weighted by Crippen LogP contribution is -2.24. The van der Waals surface area contributed by atoms with Gasteiger partial charge in [-0.25, -0.2) is 0 Å². The maximum atomic E-state index is 13.0. The zero-order valence-electron chi connectivity index (χ0n) is 44.8. The van der Waals surface area contributed by atoms with Crippen molar-refractivity contribution < 1.29 is 28.9 Å². The second kappa shape index (κ2) is 50.7. The Morgan fingerprint density at radius 1 is 0.431 bits per heavy atom. The van der Waals surface area contributed by atoms with Gasteiger partial charge in [0.1, 0.15) is 6.10 Å². The third-order valence-corrected chi connectivity index (χ3v) is 13.8. The number of nitrogens with zero attached hydrogens (tertiary/aromatic N) is 1. The van der Waals surface area contributed by atoms with Crippen LogP contribution in [0.2, 0.25) is 0 Å². The molecular formula is C58H115NO6. The van der Waals surface area contributed by atoms with E-state index in [9.17, 15) is 14.7 Å². The van der Waals surface area contributed by atoms with Gasteiger partial charge in [0.25, 0.3) is 0 Å². The van der Waals surface area contributed by atoms with Gasteiger partial charge in [-0.2, -0.15) is 0 Å². The first-order valence-electron chi connectivity index (χ1n) is 29.1. The molecule has 0 fully saturated rings. The zero-order chi connectivity index (χ0) is 47.7. The minimum atomic E-state index is -0.607. The van der Waals surface area contributed by atoms with E-state index in [-0.39, 0.29) is 29.9 Å². The summed E-state index contributed by atoms with van der Waals surface area (Å²) in [4.78, 5) is 28.0. The summed E-state index contributed by atoms with van der Waals surface area (Å²) >= 11 is 0. The quantitative estimate of drug-likeness (QED) is 0.0369. The Kier molecular flexibility index (Phi) is 49.8. The summed E-state index contributed by atoms with van der Waals surface area (Å²) in [5.74, 6) is 0.418. The van der Waals surface area contributed by atoms with Crippen LogP contribution >= 0.6 is 0 Å². The summed E-state index contributed by atoms with van der Waals surface area (Å²) in [5.41, 5.74) is 0. The number of aliphatic hydroxyl groups is 1. The number of esters is 2. The Morgan fingerprint density at radius 2 is 0.800 bits per heavy atom. The summed E-state index contributed by atoms with van der Waals surface area (Å²) in [7, 11) is 4.16. The molecule has 0 rings (SSSR count). The highest BCUT2D eigenvalue weighted by atomic mass is 16.6. The number of carbonyl (C=O) groups is 2. The van der Waals surface area contributed by atoms with Crippen molar-refractivity contribution in [3.63, 3.8) is 0 Å². The van der Waals surface area contributed by atoms with Crippen LogP contribution in [-0.2, 0) is 23.8 Å².